The largest absolute Gasteiger partial charge is 0.379 e. The molecule has 0 spiro atoms. The third-order valence-corrected chi connectivity index (χ3v) is 4.76. The first-order chi connectivity index (χ1) is 13.0. The van der Waals surface area contributed by atoms with Crippen molar-refractivity contribution in [2.24, 2.45) is 0 Å². The Morgan fingerprint density at radius 2 is 2.07 bits per heavy atom. The fraction of sp³-hybridized carbons (Fsp3) is 0.400. The van der Waals surface area contributed by atoms with E-state index in [0.717, 1.165) is 17.8 Å². The topological polar surface area (TPSA) is 65.5 Å². The number of nitrogens with zero attached hydrogens (tertiary/aromatic N) is 2. The first-order valence-corrected chi connectivity index (χ1v) is 9.04. The van der Waals surface area contributed by atoms with Gasteiger partial charge in [-0.25, -0.2) is 8.78 Å². The van der Waals surface area contributed by atoms with Crippen molar-refractivity contribution in [3.8, 4) is 0 Å². The van der Waals surface area contributed by atoms with Crippen molar-refractivity contribution in [1.29, 1.82) is 0 Å². The molecule has 0 bridgehead atoms. The predicted molar refractivity (Wildman–Crippen MR) is 96.8 cm³/mol. The first-order valence-electron chi connectivity index (χ1n) is 9.04. The maximum Gasteiger partial charge on any atom is 0.256 e. The molecular weight excluding hydrogens is 352 g/mol. The number of carbonyl (C=O) groups excluding carboxylic acids is 1. The lowest BCUT2D eigenvalue weighted by molar-refractivity contribution is -0.157. The molecule has 1 aliphatic heterocycles. The van der Waals surface area contributed by atoms with E-state index in [1.807, 2.05) is 18.2 Å². The number of hydrogen-bond acceptors (Lipinski definition) is 4. The number of aliphatic hydroxyl groups is 1. The highest BCUT2D eigenvalue weighted by Gasteiger charge is 2.41. The van der Waals surface area contributed by atoms with E-state index >= 15 is 0 Å². The summed E-state index contributed by atoms with van der Waals surface area (Å²) in [6.07, 6.45) is 3.44. The highest BCUT2D eigenvalue weighted by Crippen LogP contribution is 2.24. The third-order valence-electron chi connectivity index (χ3n) is 4.76. The number of piperidine rings is 1. The molecule has 0 unspecified atom stereocenters. The minimum atomic E-state index is -1.49. The van der Waals surface area contributed by atoms with E-state index in [9.17, 15) is 18.7 Å². The van der Waals surface area contributed by atoms with Crippen molar-refractivity contribution < 1.29 is 18.7 Å². The van der Waals surface area contributed by atoms with Gasteiger partial charge in [0.15, 0.2) is 17.2 Å². The number of aromatic nitrogens is 1. The quantitative estimate of drug-likeness (QED) is 0.727. The Hall–Kier alpha value is -2.38. The molecule has 2 N–H and O–H groups in total. The van der Waals surface area contributed by atoms with Gasteiger partial charge in [-0.2, -0.15) is 0 Å². The van der Waals surface area contributed by atoms with Gasteiger partial charge in [0.25, 0.3) is 5.91 Å². The van der Waals surface area contributed by atoms with Crippen molar-refractivity contribution in [1.82, 2.24) is 15.2 Å². The molecule has 7 heteroatoms. The standard InChI is InChI=1S/C20H23F2N3O2/c21-17-6-5-15(12-18(17)22)13-25-11-3-8-20(27,19(25)26)14-23-10-7-16-4-1-2-9-24-16/h1-2,4-6,9,12,23,27H,3,7-8,10-11,13-14H2/t20-/m1/s1. The smallest absolute Gasteiger partial charge is 0.256 e. The number of rotatable bonds is 7. The van der Waals surface area contributed by atoms with Crippen LogP contribution in [0.4, 0.5) is 8.78 Å². The molecule has 5 nitrogen and oxygen atoms in total. The van der Waals surface area contributed by atoms with Gasteiger partial charge in [0, 0.05) is 44.5 Å². The molecular formula is C20H23F2N3O2. The molecule has 1 aliphatic rings. The van der Waals surface area contributed by atoms with Gasteiger partial charge in [-0.15, -0.1) is 0 Å². The lowest BCUT2D eigenvalue weighted by Gasteiger charge is -2.38. The van der Waals surface area contributed by atoms with Crippen molar-refractivity contribution >= 4 is 5.91 Å². The summed E-state index contributed by atoms with van der Waals surface area (Å²) >= 11 is 0. The van der Waals surface area contributed by atoms with Gasteiger partial charge >= 0.3 is 0 Å². The molecule has 1 aromatic carbocycles. The van der Waals surface area contributed by atoms with Gasteiger partial charge in [0.2, 0.25) is 0 Å². The normalized spacial score (nSPS) is 20.1. The summed E-state index contributed by atoms with van der Waals surface area (Å²) < 4.78 is 26.4. The van der Waals surface area contributed by atoms with E-state index in [-0.39, 0.29) is 19.0 Å². The predicted octanol–water partition coefficient (Wildman–Crippen LogP) is 2.05. The molecule has 1 amide bonds. The van der Waals surface area contributed by atoms with Gasteiger partial charge < -0.3 is 15.3 Å². The van der Waals surface area contributed by atoms with Gasteiger partial charge in [-0.3, -0.25) is 9.78 Å². The minimum Gasteiger partial charge on any atom is -0.379 e. The van der Waals surface area contributed by atoms with Gasteiger partial charge in [0.05, 0.1) is 0 Å². The monoisotopic (exact) mass is 375 g/mol. The van der Waals surface area contributed by atoms with E-state index in [2.05, 4.69) is 10.3 Å². The Kier molecular flexibility index (Phi) is 6.13. The summed E-state index contributed by atoms with van der Waals surface area (Å²) in [7, 11) is 0. The number of likely N-dealkylation sites (tertiary alicyclic amines) is 1. The van der Waals surface area contributed by atoms with Crippen LogP contribution in [0.1, 0.15) is 24.1 Å². The summed E-state index contributed by atoms with van der Waals surface area (Å²) in [5.74, 6) is -2.25. The Morgan fingerprint density at radius 1 is 1.22 bits per heavy atom. The van der Waals surface area contributed by atoms with E-state index in [0.29, 0.717) is 37.9 Å². The maximum atomic E-state index is 13.4. The Bertz CT molecular complexity index is 788. The van der Waals surface area contributed by atoms with Crippen molar-refractivity contribution in [3.63, 3.8) is 0 Å². The fourth-order valence-electron chi connectivity index (χ4n) is 3.30. The zero-order valence-corrected chi connectivity index (χ0v) is 15.0. The molecule has 1 saturated heterocycles. The van der Waals surface area contributed by atoms with E-state index in [4.69, 9.17) is 0 Å². The van der Waals surface area contributed by atoms with E-state index in [1.165, 1.54) is 11.0 Å². The summed E-state index contributed by atoms with van der Waals surface area (Å²) in [6, 6.07) is 9.26. The SMILES string of the molecule is O=C1N(Cc2ccc(F)c(F)c2)CCC[C@@]1(O)CNCCc1ccccn1. The molecule has 1 fully saturated rings. The average Bonchev–Trinajstić information content (AvgIpc) is 2.67. The molecule has 0 radical (unpaired) electrons. The highest BCUT2D eigenvalue weighted by atomic mass is 19.2. The van der Waals surface area contributed by atoms with Crippen LogP contribution >= 0.6 is 0 Å². The van der Waals surface area contributed by atoms with Crippen LogP contribution in [-0.2, 0) is 17.8 Å². The van der Waals surface area contributed by atoms with Crippen LogP contribution in [0.3, 0.4) is 0 Å². The molecule has 1 aromatic heterocycles. The summed E-state index contributed by atoms with van der Waals surface area (Å²) in [5, 5.41) is 13.9. The molecule has 0 aliphatic carbocycles. The molecule has 27 heavy (non-hydrogen) atoms. The number of pyridine rings is 1. The molecule has 1 atom stereocenters. The van der Waals surface area contributed by atoms with Crippen LogP contribution in [0, 0.1) is 11.6 Å². The number of carbonyl (C=O) groups is 1. The molecule has 2 aromatic rings. The van der Waals surface area contributed by atoms with Crippen molar-refractivity contribution in [2.45, 2.75) is 31.4 Å². The second kappa shape index (κ2) is 8.54. The van der Waals surface area contributed by atoms with Crippen molar-refractivity contribution in [3.05, 3.63) is 65.5 Å². The maximum absolute atomic E-state index is 13.4. The van der Waals surface area contributed by atoms with Crippen molar-refractivity contribution in [2.75, 3.05) is 19.6 Å². The van der Waals surface area contributed by atoms with Gasteiger partial charge in [-0.05, 0) is 42.7 Å². The molecule has 144 valence electrons. The molecule has 0 saturated carbocycles. The zero-order valence-electron chi connectivity index (χ0n) is 15.0. The Balaban J connectivity index is 1.55. The summed E-state index contributed by atoms with van der Waals surface area (Å²) in [4.78, 5) is 18.5. The number of benzene rings is 1. The number of amides is 1. The van der Waals surface area contributed by atoms with Crippen LogP contribution in [-0.4, -0.2) is 46.1 Å². The van der Waals surface area contributed by atoms with E-state index < -0.39 is 17.2 Å². The number of hydrogen-bond donors (Lipinski definition) is 2. The van der Waals surface area contributed by atoms with Crippen LogP contribution < -0.4 is 5.32 Å². The van der Waals surface area contributed by atoms with E-state index in [1.54, 1.807) is 6.20 Å². The number of nitrogens with one attached hydrogen (secondary N) is 1. The second-order valence-electron chi connectivity index (χ2n) is 6.86. The van der Waals surface area contributed by atoms with Gasteiger partial charge in [-0.1, -0.05) is 12.1 Å². The second-order valence-corrected chi connectivity index (χ2v) is 6.86. The molecule has 3 rings (SSSR count). The fourth-order valence-corrected chi connectivity index (χ4v) is 3.30. The van der Waals surface area contributed by atoms with Crippen LogP contribution in [0.15, 0.2) is 42.6 Å². The number of halogens is 2. The zero-order chi connectivity index (χ0) is 19.3. The van der Waals surface area contributed by atoms with Gasteiger partial charge in [0.1, 0.15) is 0 Å². The Morgan fingerprint density at radius 3 is 2.81 bits per heavy atom. The highest BCUT2D eigenvalue weighted by molar-refractivity contribution is 5.86. The third kappa shape index (κ3) is 4.87. The molecule has 2 heterocycles. The lowest BCUT2D eigenvalue weighted by Crippen LogP contribution is -2.57. The average molecular weight is 375 g/mol. The lowest BCUT2D eigenvalue weighted by atomic mass is 9.91. The first kappa shape index (κ1) is 19.4. The van der Waals surface area contributed by atoms with Crippen LogP contribution in [0.2, 0.25) is 0 Å². The van der Waals surface area contributed by atoms with Crippen LogP contribution in [0.25, 0.3) is 0 Å². The van der Waals surface area contributed by atoms with Crippen LogP contribution in [0.5, 0.6) is 0 Å². The Labute approximate surface area is 157 Å². The summed E-state index contributed by atoms with van der Waals surface area (Å²) in [5.41, 5.74) is -0.0532. The minimum absolute atomic E-state index is 0.145. The summed E-state index contributed by atoms with van der Waals surface area (Å²) in [6.45, 7) is 1.36.